The smallest absolute Gasteiger partial charge is 0.267 e. The second-order valence-electron chi connectivity index (χ2n) is 9.02. The number of hydrogen-bond acceptors (Lipinski definition) is 4. The first-order valence-corrected chi connectivity index (χ1v) is 11.6. The first-order chi connectivity index (χ1) is 16.3. The molecule has 0 aromatic heterocycles. The lowest BCUT2D eigenvalue weighted by molar-refractivity contribution is -0.128. The summed E-state index contributed by atoms with van der Waals surface area (Å²) in [6.45, 7) is 8.36. The lowest BCUT2D eigenvalue weighted by Crippen LogP contribution is -2.49. The predicted octanol–water partition coefficient (Wildman–Crippen LogP) is 4.75. The van der Waals surface area contributed by atoms with E-state index in [1.165, 1.54) is 0 Å². The van der Waals surface area contributed by atoms with Crippen molar-refractivity contribution in [2.24, 2.45) is 0 Å². The van der Waals surface area contributed by atoms with E-state index >= 15 is 0 Å². The Morgan fingerprint density at radius 1 is 0.824 bits per heavy atom. The summed E-state index contributed by atoms with van der Waals surface area (Å²) in [6.07, 6.45) is 0. The zero-order valence-electron chi connectivity index (χ0n) is 20.0. The fourth-order valence-electron chi connectivity index (χ4n) is 4.02. The number of piperazine rings is 1. The Morgan fingerprint density at radius 2 is 1.44 bits per heavy atom. The van der Waals surface area contributed by atoms with E-state index in [0.717, 1.165) is 29.9 Å². The maximum Gasteiger partial charge on any atom is 0.267 e. The number of carbonyl (C=O) groups excluding carboxylic acids is 2. The van der Waals surface area contributed by atoms with E-state index in [0.29, 0.717) is 24.5 Å². The lowest BCUT2D eigenvalue weighted by Gasteiger charge is -2.36. The third kappa shape index (κ3) is 5.39. The highest BCUT2D eigenvalue weighted by Gasteiger charge is 2.30. The van der Waals surface area contributed by atoms with Crippen LogP contribution in [0.4, 0.5) is 11.4 Å². The van der Waals surface area contributed by atoms with Crippen LogP contribution >= 0.6 is 0 Å². The van der Waals surface area contributed by atoms with Crippen molar-refractivity contribution in [3.8, 4) is 5.75 Å². The Labute approximate surface area is 201 Å². The Morgan fingerprint density at radius 3 is 2.09 bits per heavy atom. The molecule has 6 heteroatoms. The number of ether oxygens (including phenoxy) is 1. The molecule has 1 saturated heterocycles. The molecule has 1 heterocycles. The number of nitrogens with one attached hydrogen (secondary N) is 1. The molecule has 3 aromatic carbocycles. The average molecular weight is 458 g/mol. The number of aryl methyl sites for hydroxylation is 1. The molecule has 0 bridgehead atoms. The Balaban J connectivity index is 1.32. The van der Waals surface area contributed by atoms with E-state index < -0.39 is 5.60 Å². The molecule has 1 aliphatic rings. The second kappa shape index (κ2) is 10.00. The fraction of sp³-hybridized carbons (Fsp3) is 0.286. The van der Waals surface area contributed by atoms with Gasteiger partial charge in [-0.2, -0.15) is 0 Å². The summed E-state index contributed by atoms with van der Waals surface area (Å²) in [6, 6.07) is 24.8. The quantitative estimate of drug-likeness (QED) is 0.580. The van der Waals surface area contributed by atoms with Crippen molar-refractivity contribution in [1.82, 2.24) is 4.90 Å². The molecule has 6 nitrogen and oxygen atoms in total. The van der Waals surface area contributed by atoms with Gasteiger partial charge in [-0.15, -0.1) is 0 Å². The fourth-order valence-corrected chi connectivity index (χ4v) is 4.02. The largest absolute Gasteiger partial charge is 0.478 e. The molecule has 4 rings (SSSR count). The van der Waals surface area contributed by atoms with Gasteiger partial charge in [-0.05, 0) is 68.8 Å². The van der Waals surface area contributed by atoms with Crippen LogP contribution in [-0.2, 0) is 4.79 Å². The molecular weight excluding hydrogens is 426 g/mol. The van der Waals surface area contributed by atoms with Gasteiger partial charge in [0.1, 0.15) is 5.75 Å². The Hall–Kier alpha value is -3.80. The highest BCUT2D eigenvalue weighted by Crippen LogP contribution is 2.23. The highest BCUT2D eigenvalue weighted by molar-refractivity contribution is 5.97. The van der Waals surface area contributed by atoms with Crippen LogP contribution < -0.4 is 15.0 Å². The minimum Gasteiger partial charge on any atom is -0.478 e. The first kappa shape index (κ1) is 23.4. The van der Waals surface area contributed by atoms with Crippen LogP contribution in [0.25, 0.3) is 0 Å². The molecule has 0 radical (unpaired) electrons. The zero-order chi connectivity index (χ0) is 24.1. The van der Waals surface area contributed by atoms with Gasteiger partial charge in [-0.25, -0.2) is 0 Å². The van der Waals surface area contributed by atoms with Crippen molar-refractivity contribution in [2.75, 3.05) is 36.4 Å². The molecule has 3 aromatic rings. The van der Waals surface area contributed by atoms with Crippen LogP contribution in [0.5, 0.6) is 5.75 Å². The van der Waals surface area contributed by atoms with Crippen LogP contribution in [0.2, 0.25) is 0 Å². The molecule has 0 spiro atoms. The maximum atomic E-state index is 12.9. The SMILES string of the molecule is Cc1ccccc1C(=O)N1CCN(c2ccc(NC(=O)C(C)(C)Oc3ccccc3)cc2)CC1. The number of rotatable bonds is 6. The monoisotopic (exact) mass is 457 g/mol. The lowest BCUT2D eigenvalue weighted by atomic mass is 10.1. The molecule has 1 aliphatic heterocycles. The minimum atomic E-state index is -1.01. The van der Waals surface area contributed by atoms with Crippen molar-refractivity contribution in [1.29, 1.82) is 0 Å². The van der Waals surface area contributed by atoms with E-state index in [4.69, 9.17) is 4.74 Å². The van der Waals surface area contributed by atoms with E-state index in [1.54, 1.807) is 13.8 Å². The van der Waals surface area contributed by atoms with E-state index in [9.17, 15) is 9.59 Å². The summed E-state index contributed by atoms with van der Waals surface area (Å²) in [4.78, 5) is 29.8. The topological polar surface area (TPSA) is 61.9 Å². The second-order valence-corrected chi connectivity index (χ2v) is 9.02. The van der Waals surface area contributed by atoms with Crippen LogP contribution in [0.15, 0.2) is 78.9 Å². The summed E-state index contributed by atoms with van der Waals surface area (Å²) in [5, 5.41) is 2.94. The molecule has 0 saturated carbocycles. The van der Waals surface area contributed by atoms with E-state index in [1.807, 2.05) is 90.7 Å². The van der Waals surface area contributed by atoms with Crippen LogP contribution in [-0.4, -0.2) is 48.5 Å². The molecule has 1 fully saturated rings. The number of benzene rings is 3. The van der Waals surface area contributed by atoms with E-state index in [-0.39, 0.29) is 11.8 Å². The predicted molar refractivity (Wildman–Crippen MR) is 136 cm³/mol. The molecule has 2 amide bonds. The van der Waals surface area contributed by atoms with Gasteiger partial charge in [0.2, 0.25) is 0 Å². The number of carbonyl (C=O) groups is 2. The zero-order valence-corrected chi connectivity index (χ0v) is 20.0. The number of hydrogen-bond donors (Lipinski definition) is 1. The first-order valence-electron chi connectivity index (χ1n) is 11.6. The molecule has 34 heavy (non-hydrogen) atoms. The third-order valence-corrected chi connectivity index (χ3v) is 6.10. The van der Waals surface area contributed by atoms with Crippen molar-refractivity contribution in [3.63, 3.8) is 0 Å². The summed E-state index contributed by atoms with van der Waals surface area (Å²) >= 11 is 0. The highest BCUT2D eigenvalue weighted by atomic mass is 16.5. The molecule has 0 unspecified atom stereocenters. The van der Waals surface area contributed by atoms with Crippen LogP contribution in [0.1, 0.15) is 29.8 Å². The third-order valence-electron chi connectivity index (χ3n) is 6.10. The Bertz CT molecular complexity index is 1140. The van der Waals surface area contributed by atoms with Gasteiger partial charge in [-0.3, -0.25) is 9.59 Å². The van der Waals surface area contributed by atoms with Gasteiger partial charge >= 0.3 is 0 Å². The van der Waals surface area contributed by atoms with E-state index in [2.05, 4.69) is 10.2 Å². The van der Waals surface area contributed by atoms with Gasteiger partial charge in [0.25, 0.3) is 11.8 Å². The normalized spacial score (nSPS) is 14.0. The van der Waals surface area contributed by atoms with Crippen molar-refractivity contribution in [2.45, 2.75) is 26.4 Å². The van der Waals surface area contributed by atoms with Gasteiger partial charge in [0.15, 0.2) is 5.60 Å². The molecule has 0 aliphatic carbocycles. The number of para-hydroxylation sites is 1. The van der Waals surface area contributed by atoms with Gasteiger partial charge in [-0.1, -0.05) is 36.4 Å². The van der Waals surface area contributed by atoms with Crippen LogP contribution in [0.3, 0.4) is 0 Å². The molecular formula is C28H31N3O3. The molecule has 176 valence electrons. The summed E-state index contributed by atoms with van der Waals surface area (Å²) in [5.74, 6) is 0.529. The standard InChI is InChI=1S/C28H31N3O3/c1-21-9-7-8-12-25(21)26(32)31-19-17-30(18-20-31)23-15-13-22(14-16-23)29-27(33)28(2,3)34-24-10-5-4-6-11-24/h4-16H,17-20H2,1-3H3,(H,29,33). The summed E-state index contributed by atoms with van der Waals surface area (Å²) < 4.78 is 5.87. The number of nitrogens with zero attached hydrogens (tertiary/aromatic N) is 2. The minimum absolute atomic E-state index is 0.0937. The van der Waals surface area contributed by atoms with Crippen molar-refractivity contribution < 1.29 is 14.3 Å². The molecule has 0 atom stereocenters. The Kier molecular flexibility index (Phi) is 6.87. The van der Waals surface area contributed by atoms with Crippen molar-refractivity contribution in [3.05, 3.63) is 90.0 Å². The number of amides is 2. The van der Waals surface area contributed by atoms with Gasteiger partial charge < -0.3 is 19.9 Å². The van der Waals surface area contributed by atoms with Crippen LogP contribution in [0, 0.1) is 6.92 Å². The summed E-state index contributed by atoms with van der Waals surface area (Å²) in [7, 11) is 0. The molecule has 1 N–H and O–H groups in total. The van der Waals surface area contributed by atoms with Gasteiger partial charge in [0.05, 0.1) is 0 Å². The average Bonchev–Trinajstić information content (AvgIpc) is 2.85. The summed E-state index contributed by atoms with van der Waals surface area (Å²) in [5.41, 5.74) is 2.55. The maximum absolute atomic E-state index is 12.9. The number of anilines is 2. The van der Waals surface area contributed by atoms with Gasteiger partial charge in [0, 0.05) is 43.1 Å². The van der Waals surface area contributed by atoms with Crippen molar-refractivity contribution >= 4 is 23.2 Å².